The number of carbonyl (C=O) groups excluding carboxylic acids is 2. The second kappa shape index (κ2) is 10.6. The van der Waals surface area contributed by atoms with Crippen molar-refractivity contribution in [3.63, 3.8) is 0 Å². The highest BCUT2D eigenvalue weighted by Gasteiger charge is 2.22. The van der Waals surface area contributed by atoms with E-state index in [1.54, 1.807) is 0 Å². The second-order valence-corrected chi connectivity index (χ2v) is 5.13. The Hall–Kier alpha value is -1.22. The molecule has 0 aromatic rings. The molecular weight excluding hydrogens is 264 g/mol. The average Bonchev–Trinajstić information content (AvgIpc) is 2.41. The van der Waals surface area contributed by atoms with E-state index < -0.39 is 17.9 Å². The van der Waals surface area contributed by atoms with Crippen LogP contribution in [0.2, 0.25) is 0 Å². The van der Waals surface area contributed by atoms with Gasteiger partial charge in [0.2, 0.25) is 11.8 Å². The third-order valence-corrected chi connectivity index (χ3v) is 2.71. The summed E-state index contributed by atoms with van der Waals surface area (Å²) in [5, 5.41) is 9.83. The van der Waals surface area contributed by atoms with E-state index >= 15 is 0 Å². The van der Waals surface area contributed by atoms with Gasteiger partial charge in [-0.1, -0.05) is 13.8 Å². The molecule has 0 rings (SSSR count). The van der Waals surface area contributed by atoms with Crippen LogP contribution in [0.3, 0.4) is 0 Å². The van der Waals surface area contributed by atoms with E-state index in [4.69, 9.17) is 16.4 Å². The topological polar surface area (TPSA) is 140 Å². The van der Waals surface area contributed by atoms with Crippen molar-refractivity contribution in [1.29, 1.82) is 0 Å². The highest BCUT2D eigenvalue weighted by molar-refractivity contribution is 5.80. The number of aliphatic hydroxyl groups is 1. The van der Waals surface area contributed by atoms with Crippen LogP contribution < -0.4 is 22.5 Å². The van der Waals surface area contributed by atoms with Gasteiger partial charge in [-0.15, -0.1) is 0 Å². The minimum Gasteiger partial charge on any atom is -0.391 e. The standard InChI is InChI=1S/C12H26N4O4/c1-8(2)6-20-7-10(17)5-9(12(19)16-14)3-4-11(18)15-13/h8-10,17H,3-7,13-14H2,1-2H3,(H,15,18)(H,16,19)/t9-,10+/m0/s1. The molecule has 8 heteroatoms. The number of aliphatic hydroxyl groups excluding tert-OH is 1. The van der Waals surface area contributed by atoms with Crippen LogP contribution in [-0.2, 0) is 14.3 Å². The van der Waals surface area contributed by atoms with Crippen molar-refractivity contribution < 1.29 is 19.4 Å². The Kier molecular flexibility index (Phi) is 9.91. The van der Waals surface area contributed by atoms with Crippen LogP contribution in [-0.4, -0.2) is 36.2 Å². The quantitative estimate of drug-likeness (QED) is 0.194. The Labute approximate surface area is 119 Å². The number of hydrazine groups is 2. The molecule has 0 fully saturated rings. The summed E-state index contributed by atoms with van der Waals surface area (Å²) >= 11 is 0. The van der Waals surface area contributed by atoms with Gasteiger partial charge in [-0.3, -0.25) is 20.4 Å². The average molecular weight is 290 g/mol. The molecule has 8 nitrogen and oxygen atoms in total. The Bertz CT molecular complexity index is 299. The number of nitrogens with two attached hydrogens (primary N) is 2. The fourth-order valence-electron chi connectivity index (χ4n) is 1.69. The Balaban J connectivity index is 4.20. The van der Waals surface area contributed by atoms with E-state index in [2.05, 4.69) is 0 Å². The minimum atomic E-state index is -0.781. The maximum atomic E-state index is 11.6. The first kappa shape index (κ1) is 18.8. The molecule has 118 valence electrons. The molecule has 0 aliphatic heterocycles. The number of carbonyl (C=O) groups is 2. The summed E-state index contributed by atoms with van der Waals surface area (Å²) in [6.45, 7) is 4.70. The molecule has 0 saturated carbocycles. The zero-order valence-corrected chi connectivity index (χ0v) is 12.1. The van der Waals surface area contributed by atoms with Crippen LogP contribution in [0.5, 0.6) is 0 Å². The summed E-state index contributed by atoms with van der Waals surface area (Å²) in [6.07, 6.45) is -0.252. The van der Waals surface area contributed by atoms with Crippen molar-refractivity contribution in [3.05, 3.63) is 0 Å². The molecule has 2 atom stereocenters. The number of hydrogen-bond donors (Lipinski definition) is 5. The summed E-state index contributed by atoms with van der Waals surface area (Å²) < 4.78 is 5.31. The predicted molar refractivity (Wildman–Crippen MR) is 73.7 cm³/mol. The molecule has 0 aromatic carbocycles. The van der Waals surface area contributed by atoms with Crippen molar-refractivity contribution in [2.45, 2.75) is 39.2 Å². The molecule has 0 aliphatic rings. The molecule has 0 aliphatic carbocycles. The lowest BCUT2D eigenvalue weighted by molar-refractivity contribution is -0.127. The van der Waals surface area contributed by atoms with Crippen molar-refractivity contribution in [3.8, 4) is 0 Å². The highest BCUT2D eigenvalue weighted by Crippen LogP contribution is 2.14. The second-order valence-electron chi connectivity index (χ2n) is 5.13. The van der Waals surface area contributed by atoms with E-state index in [0.717, 1.165) is 0 Å². The summed E-state index contributed by atoms with van der Waals surface area (Å²) in [5.74, 6) is 9.08. The summed E-state index contributed by atoms with van der Waals surface area (Å²) in [6, 6.07) is 0. The zero-order valence-electron chi connectivity index (χ0n) is 12.1. The smallest absolute Gasteiger partial charge is 0.237 e. The fourth-order valence-corrected chi connectivity index (χ4v) is 1.69. The lowest BCUT2D eigenvalue weighted by Gasteiger charge is -2.19. The molecule has 0 spiro atoms. The number of nitrogens with one attached hydrogen (secondary N) is 2. The van der Waals surface area contributed by atoms with Crippen LogP contribution in [0.25, 0.3) is 0 Å². The molecule has 0 saturated heterocycles. The number of amides is 2. The molecule has 20 heavy (non-hydrogen) atoms. The van der Waals surface area contributed by atoms with Gasteiger partial charge in [0.15, 0.2) is 0 Å². The van der Waals surface area contributed by atoms with Gasteiger partial charge in [0.1, 0.15) is 0 Å². The van der Waals surface area contributed by atoms with Crippen molar-refractivity contribution in [2.24, 2.45) is 23.5 Å². The van der Waals surface area contributed by atoms with E-state index in [0.29, 0.717) is 12.5 Å². The molecule has 0 unspecified atom stereocenters. The maximum Gasteiger partial charge on any atom is 0.237 e. The van der Waals surface area contributed by atoms with Gasteiger partial charge >= 0.3 is 0 Å². The molecule has 0 bridgehead atoms. The van der Waals surface area contributed by atoms with Gasteiger partial charge in [-0.05, 0) is 18.8 Å². The van der Waals surface area contributed by atoms with E-state index in [1.807, 2.05) is 24.7 Å². The first-order valence-corrected chi connectivity index (χ1v) is 6.66. The maximum absolute atomic E-state index is 11.6. The lowest BCUT2D eigenvalue weighted by atomic mass is 9.95. The van der Waals surface area contributed by atoms with Gasteiger partial charge < -0.3 is 9.84 Å². The normalized spacial score (nSPS) is 13.9. The van der Waals surface area contributed by atoms with Crippen molar-refractivity contribution >= 4 is 11.8 Å². The molecule has 2 amide bonds. The zero-order chi connectivity index (χ0) is 15.5. The van der Waals surface area contributed by atoms with E-state index in [1.165, 1.54) is 0 Å². The largest absolute Gasteiger partial charge is 0.391 e. The molecule has 7 N–H and O–H groups in total. The minimum absolute atomic E-state index is 0.0914. The first-order valence-electron chi connectivity index (χ1n) is 6.66. The molecule has 0 heterocycles. The van der Waals surface area contributed by atoms with Gasteiger partial charge in [-0.25, -0.2) is 11.7 Å². The van der Waals surface area contributed by atoms with Crippen LogP contribution in [0.1, 0.15) is 33.1 Å². The van der Waals surface area contributed by atoms with E-state index in [-0.39, 0.29) is 31.8 Å². The van der Waals surface area contributed by atoms with Gasteiger partial charge in [0.05, 0.1) is 12.7 Å². The summed E-state index contributed by atoms with van der Waals surface area (Å²) in [7, 11) is 0. The Morgan fingerprint density at radius 3 is 2.35 bits per heavy atom. The Morgan fingerprint density at radius 1 is 1.20 bits per heavy atom. The summed E-state index contributed by atoms with van der Waals surface area (Å²) in [4.78, 5) is 22.7. The SMILES string of the molecule is CC(C)COC[C@H](O)C[C@H](CCC(=O)NN)C(=O)NN. The van der Waals surface area contributed by atoms with Crippen LogP contribution >= 0.6 is 0 Å². The first-order chi connectivity index (χ1) is 9.40. The highest BCUT2D eigenvalue weighted by atomic mass is 16.5. The monoisotopic (exact) mass is 290 g/mol. The van der Waals surface area contributed by atoms with E-state index in [9.17, 15) is 14.7 Å². The van der Waals surface area contributed by atoms with Gasteiger partial charge in [0, 0.05) is 18.9 Å². The number of rotatable bonds is 10. The lowest BCUT2D eigenvalue weighted by Crippen LogP contribution is -2.39. The van der Waals surface area contributed by atoms with Crippen molar-refractivity contribution in [2.75, 3.05) is 13.2 Å². The van der Waals surface area contributed by atoms with Crippen LogP contribution in [0, 0.1) is 11.8 Å². The molecule has 0 aromatic heterocycles. The Morgan fingerprint density at radius 2 is 1.85 bits per heavy atom. The number of ether oxygens (including phenoxy) is 1. The fraction of sp³-hybridized carbons (Fsp3) is 0.833. The van der Waals surface area contributed by atoms with Crippen LogP contribution in [0.15, 0.2) is 0 Å². The third kappa shape index (κ3) is 8.81. The number of hydrogen-bond acceptors (Lipinski definition) is 6. The summed E-state index contributed by atoms with van der Waals surface area (Å²) in [5.41, 5.74) is 4.02. The van der Waals surface area contributed by atoms with Crippen LogP contribution in [0.4, 0.5) is 0 Å². The molecular formula is C12H26N4O4. The molecule has 0 radical (unpaired) electrons. The third-order valence-electron chi connectivity index (χ3n) is 2.71. The van der Waals surface area contributed by atoms with Gasteiger partial charge in [0.25, 0.3) is 0 Å². The van der Waals surface area contributed by atoms with Gasteiger partial charge in [-0.2, -0.15) is 0 Å². The predicted octanol–water partition coefficient (Wildman–Crippen LogP) is -1.21. The van der Waals surface area contributed by atoms with Crippen molar-refractivity contribution in [1.82, 2.24) is 10.9 Å².